The third kappa shape index (κ3) is 2.53. The molecule has 0 fully saturated rings. The molecule has 0 unspecified atom stereocenters. The van der Waals surface area contributed by atoms with Gasteiger partial charge in [0.25, 0.3) is 0 Å². The van der Waals surface area contributed by atoms with Gasteiger partial charge >= 0.3 is 0 Å². The lowest BCUT2D eigenvalue weighted by Gasteiger charge is -2.11. The molecule has 1 aromatic heterocycles. The minimum absolute atomic E-state index is 0.669. The number of nitrogens with one attached hydrogen (secondary N) is 1. The molecule has 1 heterocycles. The zero-order valence-electron chi connectivity index (χ0n) is 10.3. The summed E-state index contributed by atoms with van der Waals surface area (Å²) in [5, 5.41) is 0. The van der Waals surface area contributed by atoms with E-state index in [9.17, 15) is 0 Å². The summed E-state index contributed by atoms with van der Waals surface area (Å²) in [7, 11) is 0. The quantitative estimate of drug-likeness (QED) is 0.536. The van der Waals surface area contributed by atoms with Crippen molar-refractivity contribution in [2.45, 2.75) is 0 Å². The summed E-state index contributed by atoms with van der Waals surface area (Å²) in [6, 6.07) is 16.2. The van der Waals surface area contributed by atoms with Crippen LogP contribution in [0.5, 0.6) is 0 Å². The van der Waals surface area contributed by atoms with Gasteiger partial charge in [-0.15, -0.1) is 0 Å². The Morgan fingerprint density at radius 2 is 1.75 bits per heavy atom. The van der Waals surface area contributed by atoms with Crippen LogP contribution in [-0.4, -0.2) is 9.55 Å². The van der Waals surface area contributed by atoms with E-state index in [1.54, 1.807) is 0 Å². The zero-order chi connectivity index (χ0) is 14.1. The van der Waals surface area contributed by atoms with Crippen molar-refractivity contribution in [3.05, 3.63) is 68.4 Å². The topological polar surface area (TPSA) is 20.7 Å². The molecule has 3 rings (SSSR count). The second-order valence-corrected chi connectivity index (χ2v) is 6.43. The van der Waals surface area contributed by atoms with Gasteiger partial charge < -0.3 is 4.98 Å². The van der Waals surface area contributed by atoms with Gasteiger partial charge in [0.2, 0.25) is 0 Å². The highest BCUT2D eigenvalue weighted by atomic mass is 79.9. The average Bonchev–Trinajstić information content (AvgIpc) is 2.84. The number of aromatic amines is 1. The number of imidazole rings is 1. The molecule has 2 nitrogen and oxygen atoms in total. The average molecular weight is 410 g/mol. The number of benzene rings is 2. The molecule has 20 heavy (non-hydrogen) atoms. The van der Waals surface area contributed by atoms with Crippen molar-refractivity contribution in [1.82, 2.24) is 9.55 Å². The summed E-state index contributed by atoms with van der Waals surface area (Å²) in [6.07, 6.45) is 1.94. The molecule has 0 aliphatic heterocycles. The maximum absolute atomic E-state index is 5.43. The van der Waals surface area contributed by atoms with E-state index in [0.717, 1.165) is 25.9 Å². The predicted octanol–water partition coefficient (Wildman–Crippen LogP) is 5.73. The highest BCUT2D eigenvalue weighted by Gasteiger charge is 2.11. The van der Waals surface area contributed by atoms with Crippen molar-refractivity contribution in [2.75, 3.05) is 0 Å². The number of H-pyrrole nitrogens is 1. The van der Waals surface area contributed by atoms with Crippen molar-refractivity contribution in [3.63, 3.8) is 0 Å². The van der Waals surface area contributed by atoms with Crippen LogP contribution < -0.4 is 0 Å². The van der Waals surface area contributed by atoms with Gasteiger partial charge in [-0.05, 0) is 46.3 Å². The van der Waals surface area contributed by atoms with E-state index in [1.165, 1.54) is 0 Å². The first kappa shape index (κ1) is 13.8. The summed E-state index contributed by atoms with van der Waals surface area (Å²) in [5.74, 6) is 0. The van der Waals surface area contributed by atoms with Gasteiger partial charge in [0.15, 0.2) is 4.77 Å². The number of rotatable bonds is 2. The fourth-order valence-corrected chi connectivity index (χ4v) is 3.11. The molecule has 0 saturated carbocycles. The molecule has 0 amide bonds. The summed E-state index contributed by atoms with van der Waals surface area (Å²) >= 11 is 12.5. The fourth-order valence-electron chi connectivity index (χ4n) is 2.09. The van der Waals surface area contributed by atoms with Gasteiger partial charge in [0, 0.05) is 20.7 Å². The molecule has 0 spiro atoms. The normalized spacial score (nSPS) is 10.7. The molecule has 3 aromatic rings. The molecule has 0 bridgehead atoms. The fraction of sp³-hybridized carbons (Fsp3) is 0. The minimum atomic E-state index is 0.669. The Morgan fingerprint density at radius 1 is 1.00 bits per heavy atom. The molecular formula is C15H10Br2N2S. The molecule has 0 radical (unpaired) electrons. The van der Waals surface area contributed by atoms with Crippen LogP contribution in [-0.2, 0) is 0 Å². The number of aromatic nitrogens is 2. The van der Waals surface area contributed by atoms with Crippen molar-refractivity contribution >= 4 is 44.1 Å². The number of halogens is 2. The Bertz CT molecular complexity index is 806. The maximum Gasteiger partial charge on any atom is 0.182 e. The van der Waals surface area contributed by atoms with Gasteiger partial charge in [0.05, 0.1) is 11.4 Å². The van der Waals surface area contributed by atoms with Crippen LogP contribution in [0.1, 0.15) is 0 Å². The predicted molar refractivity (Wildman–Crippen MR) is 91.8 cm³/mol. The first-order valence-corrected chi connectivity index (χ1v) is 7.97. The highest BCUT2D eigenvalue weighted by Crippen LogP contribution is 2.30. The van der Waals surface area contributed by atoms with Gasteiger partial charge in [-0.3, -0.25) is 4.57 Å². The molecule has 0 atom stereocenters. The van der Waals surface area contributed by atoms with Crippen molar-refractivity contribution in [1.29, 1.82) is 0 Å². The van der Waals surface area contributed by atoms with Gasteiger partial charge in [-0.1, -0.05) is 46.3 Å². The Morgan fingerprint density at radius 3 is 2.50 bits per heavy atom. The van der Waals surface area contributed by atoms with Gasteiger partial charge in [-0.25, -0.2) is 0 Å². The summed E-state index contributed by atoms with van der Waals surface area (Å²) in [6.45, 7) is 0. The standard InChI is InChI=1S/C15H10Br2N2S/c16-11-6-7-12(17)13(8-11)19-14(9-18-15(19)20)10-4-2-1-3-5-10/h1-9H,(H,18,20). The molecule has 100 valence electrons. The highest BCUT2D eigenvalue weighted by molar-refractivity contribution is 9.11. The van der Waals surface area contributed by atoms with E-state index in [2.05, 4.69) is 49.0 Å². The van der Waals surface area contributed by atoms with E-state index in [0.29, 0.717) is 4.77 Å². The third-order valence-corrected chi connectivity index (χ3v) is 4.46. The molecule has 0 aliphatic rings. The molecule has 2 aromatic carbocycles. The number of hydrogen-bond donors (Lipinski definition) is 1. The SMILES string of the molecule is S=c1[nH]cc(-c2ccccc2)n1-c1cc(Br)ccc1Br. The molecule has 0 aliphatic carbocycles. The van der Waals surface area contributed by atoms with Crippen LogP contribution >= 0.6 is 44.1 Å². The van der Waals surface area contributed by atoms with Crippen LogP contribution in [0.4, 0.5) is 0 Å². The van der Waals surface area contributed by atoms with Crippen LogP contribution in [0.25, 0.3) is 16.9 Å². The summed E-state index contributed by atoms with van der Waals surface area (Å²) in [5.41, 5.74) is 3.16. The monoisotopic (exact) mass is 408 g/mol. The van der Waals surface area contributed by atoms with Crippen LogP contribution in [0.2, 0.25) is 0 Å². The van der Waals surface area contributed by atoms with Crippen LogP contribution in [0, 0.1) is 4.77 Å². The van der Waals surface area contributed by atoms with Crippen LogP contribution in [0.15, 0.2) is 63.7 Å². The zero-order valence-corrected chi connectivity index (χ0v) is 14.3. The Kier molecular flexibility index (Phi) is 3.92. The largest absolute Gasteiger partial charge is 0.336 e. The Hall–Kier alpha value is -1.17. The first-order valence-electron chi connectivity index (χ1n) is 5.98. The van der Waals surface area contributed by atoms with E-state index in [1.807, 2.05) is 47.2 Å². The van der Waals surface area contributed by atoms with Gasteiger partial charge in [0.1, 0.15) is 0 Å². The second kappa shape index (κ2) is 5.68. The van der Waals surface area contributed by atoms with E-state index < -0.39 is 0 Å². The molecule has 5 heteroatoms. The lowest BCUT2D eigenvalue weighted by Crippen LogP contribution is -1.98. The second-order valence-electron chi connectivity index (χ2n) is 4.28. The lowest BCUT2D eigenvalue weighted by molar-refractivity contribution is 1.03. The minimum Gasteiger partial charge on any atom is -0.336 e. The third-order valence-electron chi connectivity index (χ3n) is 2.99. The van der Waals surface area contributed by atoms with Crippen molar-refractivity contribution in [3.8, 4) is 16.9 Å². The smallest absolute Gasteiger partial charge is 0.182 e. The Labute approximate surface area is 138 Å². The molecule has 0 saturated heterocycles. The summed E-state index contributed by atoms with van der Waals surface area (Å²) in [4.78, 5) is 3.12. The van der Waals surface area contributed by atoms with E-state index in [-0.39, 0.29) is 0 Å². The van der Waals surface area contributed by atoms with Crippen molar-refractivity contribution < 1.29 is 0 Å². The van der Waals surface area contributed by atoms with E-state index >= 15 is 0 Å². The number of hydrogen-bond acceptors (Lipinski definition) is 1. The molecule has 1 N–H and O–H groups in total. The Balaban J connectivity index is 2.27. The molecular weight excluding hydrogens is 400 g/mol. The maximum atomic E-state index is 5.43. The first-order chi connectivity index (χ1) is 9.66. The van der Waals surface area contributed by atoms with E-state index in [4.69, 9.17) is 12.2 Å². The number of nitrogens with zero attached hydrogens (tertiary/aromatic N) is 1. The van der Waals surface area contributed by atoms with Gasteiger partial charge in [-0.2, -0.15) is 0 Å². The summed E-state index contributed by atoms with van der Waals surface area (Å²) < 4.78 is 4.70. The van der Waals surface area contributed by atoms with Crippen LogP contribution in [0.3, 0.4) is 0 Å². The lowest BCUT2D eigenvalue weighted by atomic mass is 10.1. The van der Waals surface area contributed by atoms with Crippen molar-refractivity contribution in [2.24, 2.45) is 0 Å².